The summed E-state index contributed by atoms with van der Waals surface area (Å²) >= 11 is 0. The van der Waals surface area contributed by atoms with Gasteiger partial charge in [0.05, 0.1) is 17.7 Å². The minimum absolute atomic E-state index is 0.597. The highest BCUT2D eigenvalue weighted by atomic mass is 16.3. The van der Waals surface area contributed by atoms with E-state index >= 15 is 0 Å². The maximum Gasteiger partial charge on any atom is 0.0716 e. The van der Waals surface area contributed by atoms with Crippen molar-refractivity contribution in [1.29, 1.82) is 0 Å². The second-order valence-electron chi connectivity index (χ2n) is 3.71. The Balaban J connectivity index is 4.09. The predicted molar refractivity (Wildman–Crippen MR) is 53.2 cm³/mol. The van der Waals surface area contributed by atoms with Crippen molar-refractivity contribution >= 4 is 0 Å². The molecule has 0 aliphatic rings. The lowest BCUT2D eigenvalue weighted by molar-refractivity contribution is 0.00144. The zero-order chi connectivity index (χ0) is 10.5. The second kappa shape index (κ2) is 5.54. The molecule has 0 aliphatic carbocycles. The molecule has 0 aromatic carbocycles. The van der Waals surface area contributed by atoms with Crippen LogP contribution in [0.3, 0.4) is 0 Å². The molecule has 2 unspecified atom stereocenters. The third-order valence-electron chi connectivity index (χ3n) is 2.62. The van der Waals surface area contributed by atoms with Crippen LogP contribution in [0.4, 0.5) is 0 Å². The smallest absolute Gasteiger partial charge is 0.0716 e. The molecular formula is C9H22N2O2. The number of rotatable bonds is 6. The lowest BCUT2D eigenvalue weighted by atomic mass is 9.84. The molecule has 0 fully saturated rings. The Morgan fingerprint density at radius 2 is 1.62 bits per heavy atom. The van der Waals surface area contributed by atoms with Crippen molar-refractivity contribution in [3.8, 4) is 0 Å². The van der Waals surface area contributed by atoms with Gasteiger partial charge in [-0.1, -0.05) is 6.42 Å². The molecular weight excluding hydrogens is 168 g/mol. The van der Waals surface area contributed by atoms with E-state index in [0.29, 0.717) is 13.0 Å². The highest BCUT2D eigenvalue weighted by Crippen LogP contribution is 2.20. The van der Waals surface area contributed by atoms with E-state index in [4.69, 9.17) is 11.5 Å². The molecule has 6 N–H and O–H groups in total. The molecule has 0 saturated heterocycles. The lowest BCUT2D eigenvalue weighted by Gasteiger charge is -2.35. The summed E-state index contributed by atoms with van der Waals surface area (Å²) < 4.78 is 0. The van der Waals surface area contributed by atoms with Crippen molar-refractivity contribution in [2.45, 2.75) is 50.9 Å². The van der Waals surface area contributed by atoms with Crippen molar-refractivity contribution < 1.29 is 10.2 Å². The van der Waals surface area contributed by atoms with Gasteiger partial charge in [0.15, 0.2) is 0 Å². The molecule has 80 valence electrons. The molecule has 0 rings (SSSR count). The monoisotopic (exact) mass is 190 g/mol. The summed E-state index contributed by atoms with van der Waals surface area (Å²) in [5.41, 5.74) is 10.3. The molecule has 0 amide bonds. The van der Waals surface area contributed by atoms with E-state index in [0.717, 1.165) is 12.8 Å². The first kappa shape index (κ1) is 12.8. The highest BCUT2D eigenvalue weighted by molar-refractivity contribution is 4.93. The van der Waals surface area contributed by atoms with Crippen LogP contribution < -0.4 is 11.5 Å². The van der Waals surface area contributed by atoms with Gasteiger partial charge in [-0.2, -0.15) is 0 Å². The molecule has 0 spiro atoms. The van der Waals surface area contributed by atoms with E-state index in [1.807, 2.05) is 0 Å². The van der Waals surface area contributed by atoms with Crippen LogP contribution in [0, 0.1) is 0 Å². The third-order valence-corrected chi connectivity index (χ3v) is 2.62. The van der Waals surface area contributed by atoms with E-state index in [2.05, 4.69) is 0 Å². The maximum absolute atomic E-state index is 9.42. The molecule has 0 heterocycles. The van der Waals surface area contributed by atoms with Gasteiger partial charge >= 0.3 is 0 Å². The van der Waals surface area contributed by atoms with Crippen molar-refractivity contribution in [3.05, 3.63) is 0 Å². The van der Waals surface area contributed by atoms with Gasteiger partial charge in [0.1, 0.15) is 0 Å². The predicted octanol–water partition coefficient (Wildman–Crippen LogP) is -0.425. The summed E-state index contributed by atoms with van der Waals surface area (Å²) in [6.07, 6.45) is 0.899. The number of unbranched alkanes of at least 4 members (excludes halogenated alkanes) is 1. The number of hydrogen-bond acceptors (Lipinski definition) is 4. The molecule has 0 saturated carbocycles. The number of nitrogens with two attached hydrogens (primary N) is 2. The second-order valence-corrected chi connectivity index (χ2v) is 3.71. The van der Waals surface area contributed by atoms with Crippen LogP contribution in [-0.2, 0) is 0 Å². The van der Waals surface area contributed by atoms with Crippen molar-refractivity contribution in [2.24, 2.45) is 11.5 Å². The summed E-state index contributed by atoms with van der Waals surface area (Å²) in [5, 5.41) is 18.8. The van der Waals surface area contributed by atoms with E-state index in [1.165, 1.54) is 0 Å². The van der Waals surface area contributed by atoms with Crippen molar-refractivity contribution in [2.75, 3.05) is 6.54 Å². The Kier molecular flexibility index (Phi) is 5.48. The molecule has 0 aliphatic heterocycles. The molecule has 13 heavy (non-hydrogen) atoms. The molecule has 0 radical (unpaired) electrons. The summed E-state index contributed by atoms with van der Waals surface area (Å²) in [6.45, 7) is 3.83. The van der Waals surface area contributed by atoms with Crippen LogP contribution in [-0.4, -0.2) is 34.5 Å². The van der Waals surface area contributed by atoms with Gasteiger partial charge in [-0.25, -0.2) is 0 Å². The van der Waals surface area contributed by atoms with E-state index in [9.17, 15) is 10.2 Å². The van der Waals surface area contributed by atoms with Crippen LogP contribution in [0.25, 0.3) is 0 Å². The van der Waals surface area contributed by atoms with Crippen LogP contribution >= 0.6 is 0 Å². The molecule has 0 bridgehead atoms. The number of aliphatic hydroxyl groups is 2. The van der Waals surface area contributed by atoms with Gasteiger partial charge in [0.2, 0.25) is 0 Å². The standard InChI is InChI=1S/C9H22N2O2/c1-7(12)9(11,8(2)13)5-3-4-6-10/h7-8,12-13H,3-6,10-11H2,1-2H3. The minimum Gasteiger partial charge on any atom is -0.391 e. The quantitative estimate of drug-likeness (QED) is 0.428. The maximum atomic E-state index is 9.42. The first-order chi connectivity index (χ1) is 5.95. The van der Waals surface area contributed by atoms with Crippen LogP contribution in [0.2, 0.25) is 0 Å². The highest BCUT2D eigenvalue weighted by Gasteiger charge is 2.35. The molecule has 4 heteroatoms. The summed E-state index contributed by atoms with van der Waals surface area (Å²) in [6, 6.07) is 0. The third kappa shape index (κ3) is 3.60. The Hall–Kier alpha value is -0.160. The lowest BCUT2D eigenvalue weighted by Crippen LogP contribution is -2.57. The largest absolute Gasteiger partial charge is 0.391 e. The fourth-order valence-electron chi connectivity index (χ4n) is 1.34. The van der Waals surface area contributed by atoms with Crippen molar-refractivity contribution in [1.82, 2.24) is 0 Å². The van der Waals surface area contributed by atoms with Gasteiger partial charge < -0.3 is 21.7 Å². The van der Waals surface area contributed by atoms with Crippen LogP contribution in [0.15, 0.2) is 0 Å². The Labute approximate surface area is 79.9 Å². The van der Waals surface area contributed by atoms with Crippen molar-refractivity contribution in [3.63, 3.8) is 0 Å². The Morgan fingerprint density at radius 3 is 1.92 bits per heavy atom. The normalized spacial score (nSPS) is 20.8. The fraction of sp³-hybridized carbons (Fsp3) is 1.00. The first-order valence-electron chi connectivity index (χ1n) is 4.80. The van der Waals surface area contributed by atoms with E-state index in [1.54, 1.807) is 13.8 Å². The molecule has 2 atom stereocenters. The zero-order valence-corrected chi connectivity index (χ0v) is 8.53. The zero-order valence-electron chi connectivity index (χ0n) is 8.53. The van der Waals surface area contributed by atoms with Gasteiger partial charge in [0, 0.05) is 0 Å². The average molecular weight is 190 g/mol. The summed E-state index contributed by atoms with van der Waals surface area (Å²) in [7, 11) is 0. The Bertz CT molecular complexity index is 130. The van der Waals surface area contributed by atoms with Gasteiger partial charge in [-0.3, -0.25) is 0 Å². The minimum atomic E-state index is -0.894. The van der Waals surface area contributed by atoms with Gasteiger partial charge in [-0.15, -0.1) is 0 Å². The Morgan fingerprint density at radius 1 is 1.15 bits per heavy atom. The summed E-state index contributed by atoms with van der Waals surface area (Å²) in [5.74, 6) is 0. The summed E-state index contributed by atoms with van der Waals surface area (Å²) in [4.78, 5) is 0. The van der Waals surface area contributed by atoms with Gasteiger partial charge in [0.25, 0.3) is 0 Å². The number of aliphatic hydroxyl groups excluding tert-OH is 2. The first-order valence-corrected chi connectivity index (χ1v) is 4.80. The fourth-order valence-corrected chi connectivity index (χ4v) is 1.34. The van der Waals surface area contributed by atoms with E-state index in [-0.39, 0.29) is 0 Å². The molecule has 0 aromatic heterocycles. The van der Waals surface area contributed by atoms with Crippen LogP contribution in [0.1, 0.15) is 33.1 Å². The molecule has 0 aromatic rings. The van der Waals surface area contributed by atoms with Gasteiger partial charge in [-0.05, 0) is 33.2 Å². The number of hydrogen-bond donors (Lipinski definition) is 4. The topological polar surface area (TPSA) is 92.5 Å². The molecule has 4 nitrogen and oxygen atoms in total. The average Bonchev–Trinajstić information content (AvgIpc) is 2.03. The van der Waals surface area contributed by atoms with Crippen LogP contribution in [0.5, 0.6) is 0 Å². The van der Waals surface area contributed by atoms with E-state index < -0.39 is 17.7 Å². The SMILES string of the molecule is CC(O)C(N)(CCCCN)C(C)O.